The molecule has 2 aliphatic rings. The third-order valence-electron chi connectivity index (χ3n) is 6.12. The molecule has 0 saturated heterocycles. The molecule has 2 unspecified atom stereocenters. The Hall–Kier alpha value is -1.64. The average molecular weight is 284 g/mol. The van der Waals surface area contributed by atoms with Crippen LogP contribution in [0.15, 0.2) is 29.4 Å². The second kappa shape index (κ2) is 4.69. The summed E-state index contributed by atoms with van der Waals surface area (Å²) in [6.07, 6.45) is 3.50. The summed E-state index contributed by atoms with van der Waals surface area (Å²) in [7, 11) is 0. The first-order valence-electron chi connectivity index (χ1n) is 7.78. The van der Waals surface area contributed by atoms with Crippen molar-refractivity contribution in [2.24, 2.45) is 21.8 Å². The molecule has 21 heavy (non-hydrogen) atoms. The largest absolute Gasteiger partial charge is 0.271 e. The standard InChI is InChI=1S/C18H24N2O/c1-12-5-7-13(8-6-12)16(21)20-19-15-11-14-9-10-18(15,4)17(14,2)3/h5-8,14H,9-11H2,1-4H3,(H,20,21)/b19-15+. The number of nitrogens with zero attached hydrogens (tertiary/aromatic N) is 1. The van der Waals surface area contributed by atoms with E-state index in [9.17, 15) is 4.79 Å². The van der Waals surface area contributed by atoms with Gasteiger partial charge in [-0.25, -0.2) is 5.43 Å². The maximum absolute atomic E-state index is 12.2. The van der Waals surface area contributed by atoms with Gasteiger partial charge in [0.2, 0.25) is 0 Å². The van der Waals surface area contributed by atoms with E-state index in [-0.39, 0.29) is 11.3 Å². The summed E-state index contributed by atoms with van der Waals surface area (Å²) in [5.41, 5.74) is 6.17. The van der Waals surface area contributed by atoms with Gasteiger partial charge < -0.3 is 0 Å². The van der Waals surface area contributed by atoms with Crippen LogP contribution in [0.4, 0.5) is 0 Å². The second-order valence-corrected chi connectivity index (χ2v) is 7.36. The van der Waals surface area contributed by atoms with Crippen LogP contribution < -0.4 is 5.43 Å². The van der Waals surface area contributed by atoms with Gasteiger partial charge in [-0.2, -0.15) is 5.10 Å². The van der Waals surface area contributed by atoms with Gasteiger partial charge in [0.15, 0.2) is 0 Å². The lowest BCUT2D eigenvalue weighted by Gasteiger charge is -2.34. The Morgan fingerprint density at radius 1 is 1.24 bits per heavy atom. The van der Waals surface area contributed by atoms with E-state index >= 15 is 0 Å². The number of amides is 1. The van der Waals surface area contributed by atoms with Crippen molar-refractivity contribution in [3.05, 3.63) is 35.4 Å². The number of benzene rings is 1. The number of rotatable bonds is 2. The van der Waals surface area contributed by atoms with Crippen molar-refractivity contribution < 1.29 is 4.79 Å². The van der Waals surface area contributed by atoms with Crippen LogP contribution in [0, 0.1) is 23.7 Å². The first-order chi connectivity index (χ1) is 9.84. The minimum absolute atomic E-state index is 0.119. The van der Waals surface area contributed by atoms with Crippen molar-refractivity contribution in [3.8, 4) is 0 Å². The molecule has 0 aliphatic heterocycles. The van der Waals surface area contributed by atoms with Crippen LogP contribution in [0.5, 0.6) is 0 Å². The molecule has 2 saturated carbocycles. The molecule has 0 aromatic heterocycles. The minimum atomic E-state index is -0.119. The Labute approximate surface area is 126 Å². The molecule has 112 valence electrons. The zero-order valence-electron chi connectivity index (χ0n) is 13.4. The quantitative estimate of drug-likeness (QED) is 0.821. The molecule has 3 heteroatoms. The molecule has 2 bridgehead atoms. The highest BCUT2D eigenvalue weighted by Crippen LogP contribution is 2.63. The third kappa shape index (κ3) is 2.10. The van der Waals surface area contributed by atoms with Gasteiger partial charge in [0.05, 0.1) is 0 Å². The van der Waals surface area contributed by atoms with Gasteiger partial charge in [-0.1, -0.05) is 38.5 Å². The normalized spacial score (nSPS) is 31.6. The highest BCUT2D eigenvalue weighted by atomic mass is 16.2. The molecule has 2 aliphatic carbocycles. The van der Waals surface area contributed by atoms with Gasteiger partial charge in [-0.15, -0.1) is 0 Å². The van der Waals surface area contributed by atoms with Crippen LogP contribution in [0.2, 0.25) is 0 Å². The minimum Gasteiger partial charge on any atom is -0.267 e. The molecule has 0 radical (unpaired) electrons. The van der Waals surface area contributed by atoms with Crippen LogP contribution >= 0.6 is 0 Å². The zero-order valence-corrected chi connectivity index (χ0v) is 13.4. The van der Waals surface area contributed by atoms with Gasteiger partial charge >= 0.3 is 0 Å². The van der Waals surface area contributed by atoms with E-state index in [1.165, 1.54) is 18.6 Å². The maximum atomic E-state index is 12.2. The van der Waals surface area contributed by atoms with Crippen LogP contribution in [0.3, 0.4) is 0 Å². The fourth-order valence-electron chi connectivity index (χ4n) is 3.99. The van der Waals surface area contributed by atoms with E-state index in [1.54, 1.807) is 0 Å². The van der Waals surface area contributed by atoms with E-state index in [1.807, 2.05) is 31.2 Å². The van der Waals surface area contributed by atoms with Crippen molar-refractivity contribution in [3.63, 3.8) is 0 Å². The molecule has 1 aromatic carbocycles. The predicted molar refractivity (Wildman–Crippen MR) is 85.3 cm³/mol. The third-order valence-corrected chi connectivity index (χ3v) is 6.12. The lowest BCUT2D eigenvalue weighted by Crippen LogP contribution is -2.34. The van der Waals surface area contributed by atoms with E-state index in [0.29, 0.717) is 16.9 Å². The Morgan fingerprint density at radius 2 is 1.90 bits per heavy atom. The predicted octanol–water partition coefficient (Wildman–Crippen LogP) is 3.93. The highest BCUT2D eigenvalue weighted by molar-refractivity contribution is 5.98. The Balaban J connectivity index is 1.76. The van der Waals surface area contributed by atoms with E-state index in [4.69, 9.17) is 0 Å². The maximum Gasteiger partial charge on any atom is 0.271 e. The van der Waals surface area contributed by atoms with Gasteiger partial charge in [-0.3, -0.25) is 4.79 Å². The summed E-state index contributed by atoms with van der Waals surface area (Å²) in [6.45, 7) is 9.00. The topological polar surface area (TPSA) is 41.5 Å². The molecule has 1 aromatic rings. The first-order valence-corrected chi connectivity index (χ1v) is 7.78. The molecule has 3 rings (SSSR count). The fourth-order valence-corrected chi connectivity index (χ4v) is 3.99. The van der Waals surface area contributed by atoms with Crippen LogP contribution in [0.25, 0.3) is 0 Å². The SMILES string of the molecule is Cc1ccc(C(=O)N/N=C2\CC3CCC2(C)C3(C)C)cc1. The molecule has 0 heterocycles. The Bertz CT molecular complexity index is 600. The summed E-state index contributed by atoms with van der Waals surface area (Å²) in [5, 5.41) is 4.49. The number of aryl methyl sites for hydroxylation is 1. The second-order valence-electron chi connectivity index (χ2n) is 7.36. The number of fused-ring (bicyclic) bond motifs is 2. The molecule has 2 fully saturated rings. The number of carbonyl (C=O) groups excluding carboxylic acids is 1. The summed E-state index contributed by atoms with van der Waals surface area (Å²) < 4.78 is 0. The molecule has 0 spiro atoms. The van der Waals surface area contributed by atoms with Gasteiger partial charge in [0, 0.05) is 16.7 Å². The summed E-state index contributed by atoms with van der Waals surface area (Å²) >= 11 is 0. The Kier molecular flexibility index (Phi) is 3.19. The van der Waals surface area contributed by atoms with Crippen molar-refractivity contribution in [2.75, 3.05) is 0 Å². The Morgan fingerprint density at radius 3 is 2.43 bits per heavy atom. The van der Waals surface area contributed by atoms with E-state index in [0.717, 1.165) is 12.0 Å². The average Bonchev–Trinajstić information content (AvgIpc) is 2.78. The summed E-state index contributed by atoms with van der Waals surface area (Å²) in [6, 6.07) is 7.59. The molecule has 3 nitrogen and oxygen atoms in total. The van der Waals surface area contributed by atoms with Crippen molar-refractivity contribution in [1.29, 1.82) is 0 Å². The lowest BCUT2D eigenvalue weighted by atomic mass is 9.70. The molecular weight excluding hydrogens is 260 g/mol. The van der Waals surface area contributed by atoms with E-state index in [2.05, 4.69) is 31.3 Å². The molecule has 2 atom stereocenters. The smallest absolute Gasteiger partial charge is 0.267 e. The van der Waals surface area contributed by atoms with Gasteiger partial charge in [0.25, 0.3) is 5.91 Å². The summed E-state index contributed by atoms with van der Waals surface area (Å²) in [5.74, 6) is 0.587. The molecule has 1 N–H and O–H groups in total. The molecule has 1 amide bonds. The zero-order chi connectivity index (χ0) is 15.3. The fraction of sp³-hybridized carbons (Fsp3) is 0.556. The first kappa shape index (κ1) is 14.3. The molecular formula is C18H24N2O. The number of carbonyl (C=O) groups is 1. The van der Waals surface area contributed by atoms with Crippen molar-refractivity contribution >= 4 is 11.6 Å². The number of hydrogen-bond donors (Lipinski definition) is 1. The monoisotopic (exact) mass is 284 g/mol. The van der Waals surface area contributed by atoms with Crippen LogP contribution in [-0.4, -0.2) is 11.6 Å². The van der Waals surface area contributed by atoms with Crippen molar-refractivity contribution in [2.45, 2.75) is 47.0 Å². The number of hydrogen-bond acceptors (Lipinski definition) is 2. The highest BCUT2D eigenvalue weighted by Gasteiger charge is 2.59. The number of hydrazone groups is 1. The van der Waals surface area contributed by atoms with Gasteiger partial charge in [-0.05, 0) is 49.7 Å². The van der Waals surface area contributed by atoms with Crippen LogP contribution in [-0.2, 0) is 0 Å². The van der Waals surface area contributed by atoms with Crippen LogP contribution in [0.1, 0.15) is 56.0 Å². The number of nitrogens with one attached hydrogen (secondary N) is 1. The summed E-state index contributed by atoms with van der Waals surface area (Å²) in [4.78, 5) is 12.2. The van der Waals surface area contributed by atoms with Crippen molar-refractivity contribution in [1.82, 2.24) is 5.43 Å². The van der Waals surface area contributed by atoms with Gasteiger partial charge in [0.1, 0.15) is 0 Å². The lowest BCUT2D eigenvalue weighted by molar-refractivity contribution is 0.0954. The van der Waals surface area contributed by atoms with E-state index < -0.39 is 0 Å².